The van der Waals surface area contributed by atoms with Crippen molar-refractivity contribution in [1.29, 1.82) is 0 Å². The minimum atomic E-state index is -0.936. The molecule has 0 bridgehead atoms. The standard InChI is InChI=1S/C12H20O3/c1-10(2)3-7-12(15,8-4-10)11(5-6-11)9(13)14/h15H,3-8H2,1-2H3,(H,13,14). The number of aliphatic carboxylic acids is 1. The average Bonchev–Trinajstić information content (AvgIpc) is 2.91. The van der Waals surface area contributed by atoms with Crippen LogP contribution < -0.4 is 0 Å². The number of hydrogen-bond acceptors (Lipinski definition) is 2. The van der Waals surface area contributed by atoms with E-state index in [1.54, 1.807) is 0 Å². The summed E-state index contributed by atoms with van der Waals surface area (Å²) in [6.45, 7) is 4.37. The van der Waals surface area contributed by atoms with Gasteiger partial charge in [0, 0.05) is 0 Å². The Labute approximate surface area is 90.5 Å². The minimum absolute atomic E-state index is 0.265. The SMILES string of the molecule is CC1(C)CCC(O)(C2(C(=O)O)CC2)CC1. The van der Waals surface area contributed by atoms with Gasteiger partial charge in [0.15, 0.2) is 0 Å². The van der Waals surface area contributed by atoms with E-state index in [9.17, 15) is 15.0 Å². The summed E-state index contributed by atoms with van der Waals surface area (Å²) in [6, 6.07) is 0. The van der Waals surface area contributed by atoms with Crippen LogP contribution in [0, 0.1) is 10.8 Å². The summed E-state index contributed by atoms with van der Waals surface area (Å²) in [4.78, 5) is 11.2. The second-order valence-corrected chi connectivity index (χ2v) is 6.08. The zero-order chi connectivity index (χ0) is 11.3. The van der Waals surface area contributed by atoms with Gasteiger partial charge in [0.05, 0.1) is 11.0 Å². The second kappa shape index (κ2) is 2.97. The Hall–Kier alpha value is -0.570. The van der Waals surface area contributed by atoms with Crippen molar-refractivity contribution in [3.8, 4) is 0 Å². The topological polar surface area (TPSA) is 57.5 Å². The number of aliphatic hydroxyl groups is 1. The van der Waals surface area contributed by atoms with Crippen LogP contribution in [0.1, 0.15) is 52.4 Å². The molecule has 2 fully saturated rings. The molecule has 86 valence electrons. The molecule has 2 N–H and O–H groups in total. The first kappa shape index (κ1) is 10.9. The van der Waals surface area contributed by atoms with E-state index in [4.69, 9.17) is 0 Å². The first-order valence-corrected chi connectivity index (χ1v) is 5.77. The van der Waals surface area contributed by atoms with E-state index in [0.29, 0.717) is 25.7 Å². The van der Waals surface area contributed by atoms with E-state index in [0.717, 1.165) is 12.8 Å². The summed E-state index contributed by atoms with van der Waals surface area (Å²) in [7, 11) is 0. The van der Waals surface area contributed by atoms with E-state index in [2.05, 4.69) is 13.8 Å². The predicted octanol–water partition coefficient (Wildman–Crippen LogP) is 2.18. The number of rotatable bonds is 2. The maximum Gasteiger partial charge on any atom is 0.312 e. The Balaban J connectivity index is 2.13. The van der Waals surface area contributed by atoms with Gasteiger partial charge in [0.1, 0.15) is 0 Å². The van der Waals surface area contributed by atoms with E-state index in [-0.39, 0.29) is 5.41 Å². The fourth-order valence-electron chi connectivity index (χ4n) is 2.82. The van der Waals surface area contributed by atoms with Crippen molar-refractivity contribution >= 4 is 5.97 Å². The fraction of sp³-hybridized carbons (Fsp3) is 0.917. The Kier molecular flexibility index (Phi) is 2.16. The van der Waals surface area contributed by atoms with E-state index in [1.807, 2.05) is 0 Å². The Bertz CT molecular complexity index is 279. The van der Waals surface area contributed by atoms with Crippen LogP contribution in [0.5, 0.6) is 0 Å². The average molecular weight is 212 g/mol. The molecule has 0 unspecified atom stereocenters. The molecular weight excluding hydrogens is 192 g/mol. The monoisotopic (exact) mass is 212 g/mol. The van der Waals surface area contributed by atoms with E-state index < -0.39 is 17.0 Å². The molecule has 2 rings (SSSR count). The molecule has 2 aliphatic rings. The lowest BCUT2D eigenvalue weighted by Gasteiger charge is -2.43. The molecule has 0 radical (unpaired) electrons. The highest BCUT2D eigenvalue weighted by atomic mass is 16.4. The van der Waals surface area contributed by atoms with Gasteiger partial charge < -0.3 is 10.2 Å². The van der Waals surface area contributed by atoms with E-state index >= 15 is 0 Å². The largest absolute Gasteiger partial charge is 0.481 e. The third-order valence-electron chi connectivity index (χ3n) is 4.48. The summed E-state index contributed by atoms with van der Waals surface area (Å²) in [5.74, 6) is -0.801. The molecule has 0 aromatic carbocycles. The first-order chi connectivity index (χ1) is 6.81. The van der Waals surface area contributed by atoms with Gasteiger partial charge in [-0.3, -0.25) is 4.79 Å². The lowest BCUT2D eigenvalue weighted by molar-refractivity contribution is -0.161. The zero-order valence-electron chi connectivity index (χ0n) is 9.55. The highest BCUT2D eigenvalue weighted by molar-refractivity contribution is 5.79. The molecule has 0 atom stereocenters. The number of carboxylic acid groups (broad SMARTS) is 1. The third-order valence-corrected chi connectivity index (χ3v) is 4.48. The normalized spacial score (nSPS) is 30.9. The number of carbonyl (C=O) groups is 1. The van der Waals surface area contributed by atoms with Crippen LogP contribution in [0.15, 0.2) is 0 Å². The Morgan fingerprint density at radius 3 is 1.80 bits per heavy atom. The highest BCUT2D eigenvalue weighted by Gasteiger charge is 2.64. The van der Waals surface area contributed by atoms with Gasteiger partial charge in [0.25, 0.3) is 0 Å². The van der Waals surface area contributed by atoms with Crippen LogP contribution >= 0.6 is 0 Å². The van der Waals surface area contributed by atoms with Gasteiger partial charge in [-0.1, -0.05) is 13.8 Å². The van der Waals surface area contributed by atoms with Gasteiger partial charge in [-0.25, -0.2) is 0 Å². The fourth-order valence-corrected chi connectivity index (χ4v) is 2.82. The molecule has 15 heavy (non-hydrogen) atoms. The van der Waals surface area contributed by atoms with Crippen LogP contribution in [0.25, 0.3) is 0 Å². The van der Waals surface area contributed by atoms with Crippen molar-refractivity contribution in [3.05, 3.63) is 0 Å². The van der Waals surface area contributed by atoms with Crippen LogP contribution in [-0.2, 0) is 4.79 Å². The summed E-state index contributed by atoms with van der Waals surface area (Å²) >= 11 is 0. The molecule has 0 amide bonds. The Morgan fingerprint density at radius 1 is 1.00 bits per heavy atom. The van der Waals surface area contributed by atoms with Gasteiger partial charge in [0.2, 0.25) is 0 Å². The molecule has 2 saturated carbocycles. The van der Waals surface area contributed by atoms with Gasteiger partial charge in [-0.05, 0) is 43.9 Å². The van der Waals surface area contributed by atoms with Crippen LogP contribution in [0.2, 0.25) is 0 Å². The molecule has 0 heterocycles. The summed E-state index contributed by atoms with van der Waals surface area (Å²) in [5.41, 5.74) is -1.47. The molecular formula is C12H20O3. The second-order valence-electron chi connectivity index (χ2n) is 6.08. The van der Waals surface area contributed by atoms with Crippen molar-refractivity contribution in [2.75, 3.05) is 0 Å². The molecule has 2 aliphatic carbocycles. The van der Waals surface area contributed by atoms with Gasteiger partial charge >= 0.3 is 5.97 Å². The molecule has 0 saturated heterocycles. The molecule has 0 spiro atoms. The smallest absolute Gasteiger partial charge is 0.312 e. The summed E-state index contributed by atoms with van der Waals surface area (Å²) in [6.07, 6.45) is 4.45. The predicted molar refractivity (Wildman–Crippen MR) is 56.5 cm³/mol. The lowest BCUT2D eigenvalue weighted by Crippen LogP contribution is -2.48. The number of hydrogen-bond donors (Lipinski definition) is 2. The van der Waals surface area contributed by atoms with Crippen molar-refractivity contribution in [2.45, 2.75) is 58.0 Å². The Morgan fingerprint density at radius 2 is 1.47 bits per heavy atom. The summed E-state index contributed by atoms with van der Waals surface area (Å²) < 4.78 is 0. The van der Waals surface area contributed by atoms with Crippen molar-refractivity contribution in [2.24, 2.45) is 10.8 Å². The molecule has 3 nitrogen and oxygen atoms in total. The molecule has 0 aromatic heterocycles. The molecule has 0 aliphatic heterocycles. The van der Waals surface area contributed by atoms with Crippen LogP contribution in [-0.4, -0.2) is 21.8 Å². The third kappa shape index (κ3) is 1.57. The zero-order valence-corrected chi connectivity index (χ0v) is 9.55. The molecule has 3 heteroatoms. The van der Waals surface area contributed by atoms with Crippen molar-refractivity contribution in [1.82, 2.24) is 0 Å². The first-order valence-electron chi connectivity index (χ1n) is 5.77. The van der Waals surface area contributed by atoms with Gasteiger partial charge in [-0.2, -0.15) is 0 Å². The van der Waals surface area contributed by atoms with Crippen LogP contribution in [0.4, 0.5) is 0 Å². The van der Waals surface area contributed by atoms with Crippen LogP contribution in [0.3, 0.4) is 0 Å². The highest BCUT2D eigenvalue weighted by Crippen LogP contribution is 2.60. The molecule has 0 aromatic rings. The van der Waals surface area contributed by atoms with Gasteiger partial charge in [-0.15, -0.1) is 0 Å². The maximum absolute atomic E-state index is 11.2. The summed E-state index contributed by atoms with van der Waals surface area (Å²) in [5, 5.41) is 19.7. The maximum atomic E-state index is 11.2. The number of carboxylic acids is 1. The van der Waals surface area contributed by atoms with Crippen molar-refractivity contribution < 1.29 is 15.0 Å². The minimum Gasteiger partial charge on any atom is -0.481 e. The van der Waals surface area contributed by atoms with Crippen molar-refractivity contribution in [3.63, 3.8) is 0 Å². The van der Waals surface area contributed by atoms with E-state index in [1.165, 1.54) is 0 Å². The quantitative estimate of drug-likeness (QED) is 0.737. The lowest BCUT2D eigenvalue weighted by atomic mass is 9.65.